The van der Waals surface area contributed by atoms with E-state index < -0.39 is 0 Å². The minimum absolute atomic E-state index is 0.491. The van der Waals surface area contributed by atoms with E-state index in [0.717, 1.165) is 19.1 Å². The van der Waals surface area contributed by atoms with Crippen molar-refractivity contribution in [1.82, 2.24) is 9.47 Å². The van der Waals surface area contributed by atoms with Crippen LogP contribution in [0.15, 0.2) is 42.5 Å². The number of rotatable bonds is 3. The number of hydrogen-bond donors (Lipinski definition) is 0. The minimum atomic E-state index is 0.491. The van der Waals surface area contributed by atoms with E-state index in [9.17, 15) is 0 Å². The molecule has 2 heterocycles. The van der Waals surface area contributed by atoms with Crippen LogP contribution in [0.2, 0.25) is 0 Å². The minimum Gasteiger partial charge on any atom is -0.341 e. The lowest BCUT2D eigenvalue weighted by Crippen LogP contribution is -2.34. The number of aromatic nitrogens is 1. The largest absolute Gasteiger partial charge is 0.341 e. The lowest BCUT2D eigenvalue weighted by molar-refractivity contribution is 0.126. The van der Waals surface area contributed by atoms with E-state index in [0.29, 0.717) is 10.8 Å². The average molecular weight is 361 g/mol. The highest BCUT2D eigenvalue weighted by Crippen LogP contribution is 2.52. The number of aryl methyl sites for hydroxylation is 1. The Balaban J connectivity index is 1.51. The summed E-state index contributed by atoms with van der Waals surface area (Å²) in [7, 11) is 0. The van der Waals surface area contributed by atoms with Crippen LogP contribution in [0.25, 0.3) is 21.8 Å². The van der Waals surface area contributed by atoms with Crippen LogP contribution in [0.1, 0.15) is 52.5 Å². The Hall–Kier alpha value is -1.80. The van der Waals surface area contributed by atoms with Gasteiger partial charge in [-0.3, -0.25) is 4.90 Å². The number of hydrogen-bond acceptors (Lipinski definition) is 1. The standard InChI is InChI=1S/C25H32N2/c1-5-27-22-9-7-6-8-20(22)21-12-18(10-11-23(21)27)15-26-17-25(4)14-19(26)13-24(2,3)16-25/h6-12,19H,5,13-17H2,1-4H3/t19-,25+/m1/s1. The van der Waals surface area contributed by atoms with Crippen LogP contribution in [0, 0.1) is 10.8 Å². The molecule has 0 unspecified atom stereocenters. The molecule has 2 aromatic carbocycles. The van der Waals surface area contributed by atoms with Crippen molar-refractivity contribution in [3.05, 3.63) is 48.0 Å². The zero-order valence-corrected chi connectivity index (χ0v) is 17.3. The third-order valence-corrected chi connectivity index (χ3v) is 7.06. The van der Waals surface area contributed by atoms with Crippen molar-refractivity contribution >= 4 is 21.8 Å². The molecule has 2 bridgehead atoms. The Labute approximate surface area is 163 Å². The Bertz CT molecular complexity index is 1010. The van der Waals surface area contributed by atoms with Crippen LogP contribution in [0.4, 0.5) is 0 Å². The normalized spacial score (nSPS) is 27.6. The molecule has 0 amide bonds. The fourth-order valence-corrected chi connectivity index (χ4v) is 6.54. The van der Waals surface area contributed by atoms with E-state index in [1.165, 1.54) is 53.2 Å². The third-order valence-electron chi connectivity index (χ3n) is 7.06. The van der Waals surface area contributed by atoms with Crippen molar-refractivity contribution in [3.63, 3.8) is 0 Å². The quantitative estimate of drug-likeness (QED) is 0.538. The van der Waals surface area contributed by atoms with Gasteiger partial charge in [0.05, 0.1) is 0 Å². The SMILES string of the molecule is CCn1c2ccccc2c2cc(CN3C[C@@]4(C)C[C@H]3CC(C)(C)C4)ccc21. The van der Waals surface area contributed by atoms with Gasteiger partial charge in [-0.25, -0.2) is 0 Å². The van der Waals surface area contributed by atoms with Gasteiger partial charge in [0.1, 0.15) is 0 Å². The van der Waals surface area contributed by atoms with Crippen molar-refractivity contribution in [1.29, 1.82) is 0 Å². The molecule has 3 aromatic rings. The second-order valence-electron chi connectivity index (χ2n) is 10.2. The Kier molecular flexibility index (Phi) is 3.75. The van der Waals surface area contributed by atoms with E-state index >= 15 is 0 Å². The van der Waals surface area contributed by atoms with Crippen LogP contribution in [-0.2, 0) is 13.1 Å². The Morgan fingerprint density at radius 3 is 2.56 bits per heavy atom. The molecular formula is C25H32N2. The lowest BCUT2D eigenvalue weighted by Gasteiger charge is -2.40. The molecule has 1 aromatic heterocycles. The van der Waals surface area contributed by atoms with Crippen LogP contribution in [0.3, 0.4) is 0 Å². The maximum Gasteiger partial charge on any atom is 0.0491 e. The predicted octanol–water partition coefficient (Wildman–Crippen LogP) is 6.22. The van der Waals surface area contributed by atoms with Gasteiger partial charge in [-0.2, -0.15) is 0 Å². The molecule has 1 aliphatic heterocycles. The van der Waals surface area contributed by atoms with Crippen molar-refractivity contribution in [2.45, 2.75) is 66.1 Å². The zero-order chi connectivity index (χ0) is 18.8. The third kappa shape index (κ3) is 2.81. The van der Waals surface area contributed by atoms with Gasteiger partial charge in [-0.15, -0.1) is 0 Å². The number of benzene rings is 2. The summed E-state index contributed by atoms with van der Waals surface area (Å²) in [5.74, 6) is 0. The number of likely N-dealkylation sites (tertiary alicyclic amines) is 1. The first-order valence-electron chi connectivity index (χ1n) is 10.6. The first-order chi connectivity index (χ1) is 12.9. The Morgan fingerprint density at radius 2 is 1.74 bits per heavy atom. The van der Waals surface area contributed by atoms with E-state index in [4.69, 9.17) is 0 Å². The monoisotopic (exact) mass is 360 g/mol. The van der Waals surface area contributed by atoms with Gasteiger partial charge in [0.15, 0.2) is 0 Å². The molecule has 2 aliphatic rings. The molecule has 1 saturated heterocycles. The van der Waals surface area contributed by atoms with Crippen molar-refractivity contribution < 1.29 is 0 Å². The van der Waals surface area contributed by atoms with E-state index in [-0.39, 0.29) is 0 Å². The number of fused-ring (bicyclic) bond motifs is 5. The van der Waals surface area contributed by atoms with Crippen molar-refractivity contribution in [2.24, 2.45) is 10.8 Å². The fourth-order valence-electron chi connectivity index (χ4n) is 6.54. The van der Waals surface area contributed by atoms with Crippen molar-refractivity contribution in [3.8, 4) is 0 Å². The summed E-state index contributed by atoms with van der Waals surface area (Å²) in [6.45, 7) is 13.1. The van der Waals surface area contributed by atoms with Gasteiger partial charge in [0.2, 0.25) is 0 Å². The number of nitrogens with zero attached hydrogens (tertiary/aromatic N) is 2. The predicted molar refractivity (Wildman–Crippen MR) is 115 cm³/mol. The topological polar surface area (TPSA) is 8.17 Å². The Morgan fingerprint density at radius 1 is 0.963 bits per heavy atom. The first-order valence-corrected chi connectivity index (χ1v) is 10.6. The summed E-state index contributed by atoms with van der Waals surface area (Å²) in [5.41, 5.74) is 5.20. The molecule has 2 atom stereocenters. The highest BCUT2D eigenvalue weighted by molar-refractivity contribution is 6.08. The van der Waals surface area contributed by atoms with Gasteiger partial charge in [0.25, 0.3) is 0 Å². The molecule has 142 valence electrons. The average Bonchev–Trinajstić information content (AvgIpc) is 3.04. The molecular weight excluding hydrogens is 328 g/mol. The van der Waals surface area contributed by atoms with Crippen LogP contribution >= 0.6 is 0 Å². The van der Waals surface area contributed by atoms with Gasteiger partial charge < -0.3 is 4.57 Å². The fraction of sp³-hybridized carbons (Fsp3) is 0.520. The smallest absolute Gasteiger partial charge is 0.0491 e. The maximum absolute atomic E-state index is 2.77. The second-order valence-corrected chi connectivity index (χ2v) is 10.2. The second kappa shape index (κ2) is 5.85. The summed E-state index contributed by atoms with van der Waals surface area (Å²) in [4.78, 5) is 2.77. The van der Waals surface area contributed by atoms with Gasteiger partial charge >= 0.3 is 0 Å². The molecule has 2 nitrogen and oxygen atoms in total. The van der Waals surface area contributed by atoms with Crippen molar-refractivity contribution in [2.75, 3.05) is 6.54 Å². The molecule has 0 radical (unpaired) electrons. The summed E-state index contributed by atoms with van der Waals surface area (Å²) in [5, 5.41) is 2.81. The number of para-hydroxylation sites is 1. The molecule has 0 spiro atoms. The lowest BCUT2D eigenvalue weighted by atomic mass is 9.65. The molecule has 2 heteroatoms. The van der Waals surface area contributed by atoms with Gasteiger partial charge in [-0.05, 0) is 60.8 Å². The summed E-state index contributed by atoms with van der Waals surface area (Å²) >= 11 is 0. The van der Waals surface area contributed by atoms with Gasteiger partial charge in [-0.1, -0.05) is 45.0 Å². The van der Waals surface area contributed by atoms with E-state index in [1.807, 2.05) is 0 Å². The molecule has 2 fully saturated rings. The summed E-state index contributed by atoms with van der Waals surface area (Å²) in [6.07, 6.45) is 4.10. The molecule has 1 saturated carbocycles. The molecule has 5 rings (SSSR count). The summed E-state index contributed by atoms with van der Waals surface area (Å²) < 4.78 is 2.45. The molecule has 0 N–H and O–H groups in total. The zero-order valence-electron chi connectivity index (χ0n) is 17.3. The van der Waals surface area contributed by atoms with E-state index in [2.05, 4.69) is 79.6 Å². The highest BCUT2D eigenvalue weighted by Gasteiger charge is 2.49. The maximum atomic E-state index is 2.77. The van der Waals surface area contributed by atoms with E-state index in [1.54, 1.807) is 0 Å². The molecule has 27 heavy (non-hydrogen) atoms. The summed E-state index contributed by atoms with van der Waals surface area (Å²) in [6, 6.07) is 16.8. The first kappa shape index (κ1) is 17.3. The van der Waals surface area contributed by atoms with Crippen LogP contribution in [-0.4, -0.2) is 22.1 Å². The highest BCUT2D eigenvalue weighted by atomic mass is 15.2. The molecule has 1 aliphatic carbocycles. The van der Waals surface area contributed by atoms with Crippen LogP contribution < -0.4 is 0 Å². The van der Waals surface area contributed by atoms with Crippen LogP contribution in [0.5, 0.6) is 0 Å². The van der Waals surface area contributed by atoms with Gasteiger partial charge in [0, 0.05) is 47.5 Å².